The molecule has 3 atom stereocenters. The van der Waals surface area contributed by atoms with Gasteiger partial charge < -0.3 is 15.1 Å². The molecule has 2 fully saturated rings. The maximum atomic E-state index is 14.5. The molecule has 0 aliphatic heterocycles. The minimum atomic E-state index is -1.02. The Kier molecular flexibility index (Phi) is 11.8. The Morgan fingerprint density at radius 3 is 1.81 bits per heavy atom. The lowest BCUT2D eigenvalue weighted by Crippen LogP contribution is -2.56. The summed E-state index contributed by atoms with van der Waals surface area (Å²) in [6.07, 6.45) is 7.66. The van der Waals surface area contributed by atoms with Gasteiger partial charge in [0, 0.05) is 25.0 Å². The van der Waals surface area contributed by atoms with Crippen molar-refractivity contribution in [1.29, 1.82) is 0 Å². The summed E-state index contributed by atoms with van der Waals surface area (Å²) >= 11 is 0. The zero-order chi connectivity index (χ0) is 30.8. The maximum absolute atomic E-state index is 14.5. The van der Waals surface area contributed by atoms with Crippen LogP contribution in [0.2, 0.25) is 0 Å². The van der Waals surface area contributed by atoms with Gasteiger partial charge in [-0.05, 0) is 56.1 Å². The van der Waals surface area contributed by atoms with Gasteiger partial charge in [0.2, 0.25) is 5.91 Å². The number of carboxylic acids is 2. The van der Waals surface area contributed by atoms with Crippen LogP contribution in [0, 0.1) is 17.8 Å². The predicted octanol–water partition coefficient (Wildman–Crippen LogP) is 6.79. The lowest BCUT2D eigenvalue weighted by molar-refractivity contribution is -0.152. The van der Waals surface area contributed by atoms with Gasteiger partial charge in [0.05, 0.1) is 18.3 Å². The monoisotopic (exact) mass is 590 g/mol. The topological polar surface area (TPSA) is 115 Å². The minimum Gasteiger partial charge on any atom is -0.481 e. The average molecular weight is 591 g/mol. The molecule has 2 aromatic carbocycles. The molecule has 2 aliphatic rings. The molecule has 4 rings (SSSR count). The van der Waals surface area contributed by atoms with Gasteiger partial charge in [0.15, 0.2) is 0 Å². The summed E-state index contributed by atoms with van der Waals surface area (Å²) in [5, 5.41) is 19.5. The van der Waals surface area contributed by atoms with E-state index in [1.165, 1.54) is 9.80 Å². The van der Waals surface area contributed by atoms with E-state index in [9.17, 15) is 29.4 Å². The Morgan fingerprint density at radius 1 is 0.744 bits per heavy atom. The van der Waals surface area contributed by atoms with Crippen molar-refractivity contribution in [2.24, 2.45) is 17.8 Å². The number of imide groups is 1. The van der Waals surface area contributed by atoms with Crippen LogP contribution in [-0.4, -0.2) is 63.0 Å². The van der Waals surface area contributed by atoms with Crippen molar-refractivity contribution in [1.82, 2.24) is 9.80 Å². The molecule has 0 saturated heterocycles. The molecule has 2 aliphatic carbocycles. The van der Waals surface area contributed by atoms with Gasteiger partial charge in [-0.25, -0.2) is 4.79 Å². The summed E-state index contributed by atoms with van der Waals surface area (Å²) < 4.78 is 0. The van der Waals surface area contributed by atoms with E-state index >= 15 is 0 Å². The molecule has 0 heterocycles. The zero-order valence-electron chi connectivity index (χ0n) is 25.3. The van der Waals surface area contributed by atoms with E-state index in [2.05, 4.69) is 24.3 Å². The van der Waals surface area contributed by atoms with E-state index in [0.717, 1.165) is 56.1 Å². The summed E-state index contributed by atoms with van der Waals surface area (Å²) in [4.78, 5) is 55.4. The van der Waals surface area contributed by atoms with Crippen LogP contribution in [0.1, 0.15) is 94.6 Å². The van der Waals surface area contributed by atoms with Crippen LogP contribution >= 0.6 is 0 Å². The second-order valence-electron chi connectivity index (χ2n) is 12.3. The first kappa shape index (κ1) is 32.2. The number of rotatable bonds is 12. The quantitative estimate of drug-likeness (QED) is 0.281. The lowest BCUT2D eigenvalue weighted by atomic mass is 9.77. The Labute approximate surface area is 255 Å². The molecular formula is C35H46N2O6. The van der Waals surface area contributed by atoms with Crippen molar-refractivity contribution in [3.05, 3.63) is 71.8 Å². The van der Waals surface area contributed by atoms with Crippen molar-refractivity contribution in [2.45, 2.75) is 89.5 Å². The molecule has 0 bridgehead atoms. The Hall–Kier alpha value is -3.68. The molecule has 0 radical (unpaired) electrons. The number of urea groups is 1. The van der Waals surface area contributed by atoms with Crippen LogP contribution in [0.5, 0.6) is 0 Å². The first-order chi connectivity index (χ1) is 20.8. The van der Waals surface area contributed by atoms with Gasteiger partial charge in [0.25, 0.3) is 0 Å². The molecule has 8 nitrogen and oxygen atoms in total. The third-order valence-electron chi connectivity index (χ3n) is 9.54. The van der Waals surface area contributed by atoms with E-state index < -0.39 is 41.8 Å². The predicted molar refractivity (Wildman–Crippen MR) is 165 cm³/mol. The second-order valence-corrected chi connectivity index (χ2v) is 12.3. The summed E-state index contributed by atoms with van der Waals surface area (Å²) in [5.74, 6) is -3.90. The van der Waals surface area contributed by atoms with Crippen molar-refractivity contribution in [3.8, 4) is 0 Å². The minimum absolute atomic E-state index is 0.0291. The van der Waals surface area contributed by atoms with Gasteiger partial charge in [0.1, 0.15) is 0 Å². The number of benzene rings is 2. The third kappa shape index (κ3) is 8.46. The smallest absolute Gasteiger partial charge is 0.326 e. The number of hydrogen-bond donors (Lipinski definition) is 2. The highest BCUT2D eigenvalue weighted by atomic mass is 16.4. The third-order valence-corrected chi connectivity index (χ3v) is 9.54. The first-order valence-corrected chi connectivity index (χ1v) is 15.9. The Morgan fingerprint density at radius 2 is 1.28 bits per heavy atom. The first-order valence-electron chi connectivity index (χ1n) is 15.9. The van der Waals surface area contributed by atoms with Crippen LogP contribution in [0.25, 0.3) is 0 Å². The maximum Gasteiger partial charge on any atom is 0.326 e. The standard InChI is InChI=1S/C35H46N2O6/c1-25(26-13-5-2-6-14-26)37(33(40)30-19-11-12-20-31(30)34(41)42)35(43)36(24-22-32(38)39)23-21-29(27-15-7-3-8-16-27)28-17-9-4-10-18-28/h3-4,7-10,15-18,25-26,29-31H,2,5-6,11-14,19-24H2,1H3,(H,38,39)(H,41,42)/t25-,30+,31+/m0/s1. The van der Waals surface area contributed by atoms with Crippen molar-refractivity contribution in [2.75, 3.05) is 13.1 Å². The largest absolute Gasteiger partial charge is 0.481 e. The fourth-order valence-electron chi connectivity index (χ4n) is 7.06. The number of amides is 3. The van der Waals surface area contributed by atoms with Crippen molar-refractivity contribution >= 4 is 23.9 Å². The van der Waals surface area contributed by atoms with E-state index in [-0.39, 0.29) is 31.3 Å². The van der Waals surface area contributed by atoms with E-state index in [4.69, 9.17) is 0 Å². The van der Waals surface area contributed by atoms with E-state index in [1.54, 1.807) is 0 Å². The number of nitrogens with zero attached hydrogens (tertiary/aromatic N) is 2. The molecule has 8 heteroatoms. The number of carbonyl (C=O) groups excluding carboxylic acids is 2. The average Bonchev–Trinajstić information content (AvgIpc) is 3.03. The van der Waals surface area contributed by atoms with E-state index in [0.29, 0.717) is 19.3 Å². The van der Waals surface area contributed by atoms with Crippen LogP contribution < -0.4 is 0 Å². The molecule has 0 aromatic heterocycles. The number of carboxylic acid groups (broad SMARTS) is 2. The molecule has 3 amide bonds. The molecule has 2 saturated carbocycles. The number of hydrogen-bond acceptors (Lipinski definition) is 4. The second kappa shape index (κ2) is 15.7. The molecule has 0 unspecified atom stereocenters. The van der Waals surface area contributed by atoms with E-state index in [1.807, 2.05) is 43.3 Å². The molecular weight excluding hydrogens is 544 g/mol. The molecule has 0 spiro atoms. The van der Waals surface area contributed by atoms with Gasteiger partial charge in [-0.3, -0.25) is 19.3 Å². The van der Waals surface area contributed by atoms with Crippen molar-refractivity contribution in [3.63, 3.8) is 0 Å². The van der Waals surface area contributed by atoms with Crippen LogP contribution in [-0.2, 0) is 14.4 Å². The Bertz CT molecular complexity index is 1170. The molecule has 232 valence electrons. The highest BCUT2D eigenvalue weighted by Gasteiger charge is 2.43. The fraction of sp³-hybridized carbons (Fsp3) is 0.543. The fourth-order valence-corrected chi connectivity index (χ4v) is 7.06. The SMILES string of the molecule is C[C@@H](C1CCCCC1)N(C(=O)[C@@H]1CCCC[C@H]1C(=O)O)C(=O)N(CCC(=O)O)CCC(c1ccccc1)c1ccccc1. The van der Waals surface area contributed by atoms with Crippen molar-refractivity contribution < 1.29 is 29.4 Å². The van der Waals surface area contributed by atoms with Gasteiger partial charge in [-0.2, -0.15) is 0 Å². The molecule has 2 N–H and O–H groups in total. The van der Waals surface area contributed by atoms with Crippen LogP contribution in [0.15, 0.2) is 60.7 Å². The molecule has 43 heavy (non-hydrogen) atoms. The number of aliphatic carboxylic acids is 2. The van der Waals surface area contributed by atoms with Gasteiger partial charge >= 0.3 is 18.0 Å². The summed E-state index contributed by atoms with van der Waals surface area (Å²) in [7, 11) is 0. The highest BCUT2D eigenvalue weighted by molar-refractivity contribution is 5.97. The van der Waals surface area contributed by atoms with Crippen LogP contribution in [0.4, 0.5) is 4.79 Å². The Balaban J connectivity index is 1.65. The van der Waals surface area contributed by atoms with Gasteiger partial charge in [-0.1, -0.05) is 92.8 Å². The number of carbonyl (C=O) groups is 4. The normalized spacial score (nSPS) is 19.9. The van der Waals surface area contributed by atoms with Gasteiger partial charge in [-0.15, -0.1) is 0 Å². The summed E-state index contributed by atoms with van der Waals surface area (Å²) in [6.45, 7) is 2.14. The lowest BCUT2D eigenvalue weighted by Gasteiger charge is -2.41. The summed E-state index contributed by atoms with van der Waals surface area (Å²) in [5.41, 5.74) is 2.18. The molecule has 2 aromatic rings. The zero-order valence-corrected chi connectivity index (χ0v) is 25.3. The highest BCUT2D eigenvalue weighted by Crippen LogP contribution is 2.36. The van der Waals surface area contributed by atoms with Crippen LogP contribution in [0.3, 0.4) is 0 Å². The summed E-state index contributed by atoms with van der Waals surface area (Å²) in [6, 6.07) is 19.1.